The molecule has 0 saturated carbocycles. The van der Waals surface area contributed by atoms with Gasteiger partial charge in [-0.2, -0.15) is 0 Å². The van der Waals surface area contributed by atoms with Crippen LogP contribution in [-0.4, -0.2) is 36.3 Å². The number of nitrogens with zero attached hydrogens (tertiary/aromatic N) is 1. The molecule has 0 aromatic heterocycles. The van der Waals surface area contributed by atoms with Crippen LogP contribution in [0.3, 0.4) is 0 Å². The van der Waals surface area contributed by atoms with Gasteiger partial charge in [0, 0.05) is 32.1 Å². The Bertz CT molecular complexity index is 514. The Morgan fingerprint density at radius 3 is 3.00 bits per heavy atom. The van der Waals surface area contributed by atoms with E-state index in [1.54, 1.807) is 23.1 Å². The highest BCUT2D eigenvalue weighted by Gasteiger charge is 2.16. The van der Waals surface area contributed by atoms with Crippen LogP contribution in [-0.2, 0) is 9.59 Å². The fraction of sp³-hybridized carbons (Fsp3) is 0.286. The van der Waals surface area contributed by atoms with Gasteiger partial charge in [0.2, 0.25) is 11.8 Å². The van der Waals surface area contributed by atoms with Gasteiger partial charge < -0.3 is 10.2 Å². The third kappa shape index (κ3) is 3.91. The van der Waals surface area contributed by atoms with Gasteiger partial charge in [0.25, 0.3) is 0 Å². The van der Waals surface area contributed by atoms with Gasteiger partial charge in [-0.3, -0.25) is 9.59 Å². The number of halogens is 1. The summed E-state index contributed by atoms with van der Waals surface area (Å²) in [7, 11) is 0. The van der Waals surface area contributed by atoms with Gasteiger partial charge in [0.15, 0.2) is 0 Å². The second-order valence-corrected chi connectivity index (χ2v) is 4.31. The van der Waals surface area contributed by atoms with Crippen molar-refractivity contribution in [1.82, 2.24) is 10.2 Å². The standard InChI is InChI=1S/C14H15FN2O2/c15-12-3-1-2-11(10-12)4-5-14(19)17-8-6-13(18)16-7-9-17/h1-5,10H,6-9H2,(H,16,18). The van der Waals surface area contributed by atoms with Crippen LogP contribution in [0.1, 0.15) is 12.0 Å². The van der Waals surface area contributed by atoms with Crippen LogP contribution in [0, 0.1) is 5.82 Å². The summed E-state index contributed by atoms with van der Waals surface area (Å²) in [5, 5.41) is 2.70. The molecule has 0 radical (unpaired) electrons. The molecule has 4 nitrogen and oxygen atoms in total. The lowest BCUT2D eigenvalue weighted by atomic mass is 10.2. The fourth-order valence-corrected chi connectivity index (χ4v) is 1.87. The maximum Gasteiger partial charge on any atom is 0.246 e. The van der Waals surface area contributed by atoms with E-state index in [4.69, 9.17) is 0 Å². The van der Waals surface area contributed by atoms with Crippen LogP contribution in [0.5, 0.6) is 0 Å². The molecule has 0 atom stereocenters. The first-order valence-corrected chi connectivity index (χ1v) is 6.14. The summed E-state index contributed by atoms with van der Waals surface area (Å²) < 4.78 is 13.0. The van der Waals surface area contributed by atoms with Crippen molar-refractivity contribution in [3.8, 4) is 0 Å². The molecule has 1 aromatic carbocycles. The van der Waals surface area contributed by atoms with Crippen LogP contribution in [0.2, 0.25) is 0 Å². The molecule has 100 valence electrons. The van der Waals surface area contributed by atoms with E-state index in [1.165, 1.54) is 18.2 Å². The summed E-state index contributed by atoms with van der Waals surface area (Å²) in [6.07, 6.45) is 3.30. The van der Waals surface area contributed by atoms with E-state index in [2.05, 4.69) is 5.32 Å². The Morgan fingerprint density at radius 2 is 2.21 bits per heavy atom. The number of nitrogens with one attached hydrogen (secondary N) is 1. The quantitative estimate of drug-likeness (QED) is 0.814. The molecule has 19 heavy (non-hydrogen) atoms. The number of benzene rings is 1. The lowest BCUT2D eigenvalue weighted by Crippen LogP contribution is -2.32. The number of rotatable bonds is 2. The largest absolute Gasteiger partial charge is 0.354 e. The van der Waals surface area contributed by atoms with Crippen LogP contribution < -0.4 is 5.32 Å². The van der Waals surface area contributed by atoms with Crippen molar-refractivity contribution in [2.24, 2.45) is 0 Å². The zero-order chi connectivity index (χ0) is 13.7. The van der Waals surface area contributed by atoms with Gasteiger partial charge >= 0.3 is 0 Å². The summed E-state index contributed by atoms with van der Waals surface area (Å²) in [5.41, 5.74) is 0.636. The lowest BCUT2D eigenvalue weighted by molar-refractivity contribution is -0.125. The maximum atomic E-state index is 13.0. The topological polar surface area (TPSA) is 49.4 Å². The molecule has 1 aromatic rings. The zero-order valence-corrected chi connectivity index (χ0v) is 10.4. The lowest BCUT2D eigenvalue weighted by Gasteiger charge is -2.17. The molecule has 5 heteroatoms. The molecule has 1 heterocycles. The SMILES string of the molecule is O=C1CCN(C(=O)C=Cc2cccc(F)c2)CCN1. The van der Waals surface area contributed by atoms with E-state index in [0.29, 0.717) is 31.6 Å². The van der Waals surface area contributed by atoms with E-state index in [9.17, 15) is 14.0 Å². The average Bonchev–Trinajstić information content (AvgIpc) is 2.61. The molecule has 0 unspecified atom stereocenters. The number of carbonyl (C=O) groups is 2. The van der Waals surface area contributed by atoms with Gasteiger partial charge in [0.05, 0.1) is 0 Å². The third-order valence-corrected chi connectivity index (χ3v) is 2.89. The van der Waals surface area contributed by atoms with Crippen molar-refractivity contribution >= 4 is 17.9 Å². The van der Waals surface area contributed by atoms with Crippen LogP contribution >= 0.6 is 0 Å². The predicted octanol–water partition coefficient (Wildman–Crippen LogP) is 1.19. The number of carbonyl (C=O) groups excluding carboxylic acids is 2. The highest BCUT2D eigenvalue weighted by molar-refractivity contribution is 5.92. The molecule has 0 bridgehead atoms. The smallest absolute Gasteiger partial charge is 0.246 e. The zero-order valence-electron chi connectivity index (χ0n) is 10.4. The molecule has 0 aliphatic carbocycles. The first kappa shape index (κ1) is 13.3. The Labute approximate surface area is 110 Å². The summed E-state index contributed by atoms with van der Waals surface area (Å²) in [6.45, 7) is 1.38. The molecule has 0 spiro atoms. The van der Waals surface area contributed by atoms with Gasteiger partial charge in [-0.1, -0.05) is 12.1 Å². The molecule has 1 fully saturated rings. The van der Waals surface area contributed by atoms with Crippen molar-refractivity contribution < 1.29 is 14.0 Å². The average molecular weight is 262 g/mol. The molecular weight excluding hydrogens is 247 g/mol. The van der Waals surface area contributed by atoms with E-state index < -0.39 is 0 Å². The summed E-state index contributed by atoms with van der Waals surface area (Å²) >= 11 is 0. The highest BCUT2D eigenvalue weighted by Crippen LogP contribution is 2.06. The molecule has 1 N–H and O–H groups in total. The molecule has 1 aliphatic rings. The number of hydrogen-bond donors (Lipinski definition) is 1. The molecule has 1 saturated heterocycles. The first-order chi connectivity index (χ1) is 9.15. The van der Waals surface area contributed by atoms with Crippen molar-refractivity contribution in [2.45, 2.75) is 6.42 Å². The van der Waals surface area contributed by atoms with Crippen molar-refractivity contribution in [3.05, 3.63) is 41.7 Å². The van der Waals surface area contributed by atoms with E-state index in [0.717, 1.165) is 0 Å². The van der Waals surface area contributed by atoms with Crippen LogP contribution in [0.25, 0.3) is 6.08 Å². The van der Waals surface area contributed by atoms with E-state index in [-0.39, 0.29) is 17.6 Å². The normalized spacial score (nSPS) is 16.3. The minimum absolute atomic E-state index is 0.0376. The van der Waals surface area contributed by atoms with Crippen molar-refractivity contribution in [3.63, 3.8) is 0 Å². The molecule has 2 amide bonds. The van der Waals surface area contributed by atoms with E-state index in [1.807, 2.05) is 0 Å². The summed E-state index contributed by atoms with van der Waals surface area (Å²) in [6, 6.07) is 6.02. The summed E-state index contributed by atoms with van der Waals surface area (Å²) in [4.78, 5) is 24.7. The Balaban J connectivity index is 1.98. The third-order valence-electron chi connectivity index (χ3n) is 2.89. The minimum Gasteiger partial charge on any atom is -0.354 e. The number of amides is 2. The van der Waals surface area contributed by atoms with Crippen molar-refractivity contribution in [1.29, 1.82) is 0 Å². The Hall–Kier alpha value is -2.17. The highest BCUT2D eigenvalue weighted by atomic mass is 19.1. The number of hydrogen-bond acceptors (Lipinski definition) is 2. The molecular formula is C14H15FN2O2. The minimum atomic E-state index is -0.334. The maximum absolute atomic E-state index is 13.0. The predicted molar refractivity (Wildman–Crippen MR) is 69.6 cm³/mol. The Morgan fingerprint density at radius 1 is 1.37 bits per heavy atom. The van der Waals surface area contributed by atoms with Gasteiger partial charge in [-0.15, -0.1) is 0 Å². The first-order valence-electron chi connectivity index (χ1n) is 6.14. The van der Waals surface area contributed by atoms with E-state index >= 15 is 0 Å². The van der Waals surface area contributed by atoms with Gasteiger partial charge in [0.1, 0.15) is 5.82 Å². The Kier molecular flexibility index (Phi) is 4.28. The van der Waals surface area contributed by atoms with Crippen LogP contribution in [0.15, 0.2) is 30.3 Å². The van der Waals surface area contributed by atoms with Gasteiger partial charge in [-0.05, 0) is 23.8 Å². The monoisotopic (exact) mass is 262 g/mol. The second kappa shape index (κ2) is 6.13. The molecule has 2 rings (SSSR count). The molecule has 1 aliphatic heterocycles. The van der Waals surface area contributed by atoms with Crippen LogP contribution in [0.4, 0.5) is 4.39 Å². The van der Waals surface area contributed by atoms with Crippen molar-refractivity contribution in [2.75, 3.05) is 19.6 Å². The van der Waals surface area contributed by atoms with Gasteiger partial charge in [-0.25, -0.2) is 4.39 Å². The fourth-order valence-electron chi connectivity index (χ4n) is 1.87. The summed E-state index contributed by atoms with van der Waals surface area (Å²) in [5.74, 6) is -0.538. The second-order valence-electron chi connectivity index (χ2n) is 4.31.